The summed E-state index contributed by atoms with van der Waals surface area (Å²) < 4.78 is 5.11. The number of aromatic nitrogens is 4. The summed E-state index contributed by atoms with van der Waals surface area (Å²) in [4.78, 5) is 16.1. The number of benzene rings is 10. The zero-order valence-corrected chi connectivity index (χ0v) is 38.0. The van der Waals surface area contributed by atoms with Crippen LogP contribution in [0.5, 0.6) is 0 Å². The minimum Gasteiger partial charge on any atom is -0.309 e. The zero-order valence-electron chi connectivity index (χ0n) is 37.1. The molecule has 0 saturated carbocycles. The Morgan fingerprint density at radius 2 is 0.899 bits per heavy atom. The molecule has 1 aliphatic carbocycles. The summed E-state index contributed by atoms with van der Waals surface area (Å²) in [6.45, 7) is 0. The first-order valence-electron chi connectivity index (χ1n) is 23.5. The van der Waals surface area contributed by atoms with E-state index >= 15 is 0 Å². The number of thiophene rings is 1. The van der Waals surface area contributed by atoms with Gasteiger partial charge in [0.2, 0.25) is 0 Å². The third-order valence-corrected chi connectivity index (χ3v) is 15.8. The Morgan fingerprint density at radius 3 is 1.74 bits per heavy atom. The average molecular weight is 895 g/mol. The average Bonchev–Trinajstić information content (AvgIpc) is 4.07. The Labute approximate surface area is 402 Å². The van der Waals surface area contributed by atoms with Crippen LogP contribution in [-0.4, -0.2) is 19.5 Å². The van der Waals surface area contributed by atoms with Crippen molar-refractivity contribution < 1.29 is 0 Å². The molecular formula is C64H38N4S. The van der Waals surface area contributed by atoms with E-state index in [0.717, 1.165) is 27.8 Å². The van der Waals surface area contributed by atoms with Gasteiger partial charge >= 0.3 is 0 Å². The molecule has 4 heterocycles. The van der Waals surface area contributed by atoms with E-state index in [1.54, 1.807) is 0 Å². The summed E-state index contributed by atoms with van der Waals surface area (Å²) in [6, 6.07) is 83.9. The Morgan fingerprint density at radius 1 is 0.333 bits per heavy atom. The molecule has 3 aromatic heterocycles. The minimum atomic E-state index is -0.654. The van der Waals surface area contributed by atoms with Crippen molar-refractivity contribution in [2.24, 2.45) is 0 Å². The van der Waals surface area contributed by atoms with Crippen LogP contribution in [0.15, 0.2) is 231 Å². The molecule has 10 aromatic carbocycles. The molecule has 2 aliphatic rings. The van der Waals surface area contributed by atoms with Crippen LogP contribution in [0.4, 0.5) is 0 Å². The lowest BCUT2D eigenvalue weighted by atomic mass is 9.65. The molecule has 0 fully saturated rings. The molecule has 1 unspecified atom stereocenters. The van der Waals surface area contributed by atoms with Crippen molar-refractivity contribution >= 4 is 53.3 Å². The zero-order chi connectivity index (χ0) is 45.2. The molecule has 0 bridgehead atoms. The van der Waals surface area contributed by atoms with Gasteiger partial charge in [-0.25, -0.2) is 15.0 Å². The van der Waals surface area contributed by atoms with Crippen LogP contribution in [0, 0.1) is 0 Å². The maximum Gasteiger partial charge on any atom is 0.164 e. The molecule has 0 amide bonds. The normalized spacial score (nSPS) is 14.4. The van der Waals surface area contributed by atoms with Gasteiger partial charge in [-0.3, -0.25) is 0 Å². The molecule has 320 valence electrons. The second-order valence-corrected chi connectivity index (χ2v) is 19.3. The van der Waals surface area contributed by atoms with Gasteiger partial charge in [0.05, 0.1) is 22.1 Å². The van der Waals surface area contributed by atoms with Crippen molar-refractivity contribution in [3.05, 3.63) is 253 Å². The highest BCUT2D eigenvalue weighted by molar-refractivity contribution is 7.25. The first-order chi connectivity index (χ1) is 34.2. The van der Waals surface area contributed by atoms with Gasteiger partial charge in [-0.1, -0.05) is 194 Å². The van der Waals surface area contributed by atoms with Gasteiger partial charge in [-0.2, -0.15) is 0 Å². The Kier molecular flexibility index (Phi) is 8.12. The summed E-state index contributed by atoms with van der Waals surface area (Å²) in [5, 5.41) is 5.09. The van der Waals surface area contributed by atoms with Gasteiger partial charge < -0.3 is 4.57 Å². The first-order valence-corrected chi connectivity index (χ1v) is 24.3. The second-order valence-electron chi connectivity index (χ2n) is 18.2. The molecule has 4 nitrogen and oxygen atoms in total. The highest BCUT2D eigenvalue weighted by Gasteiger charge is 2.51. The van der Waals surface area contributed by atoms with E-state index in [4.69, 9.17) is 15.0 Å². The maximum atomic E-state index is 5.45. The fourth-order valence-corrected chi connectivity index (χ4v) is 12.8. The molecule has 5 heteroatoms. The second kappa shape index (κ2) is 14.6. The van der Waals surface area contributed by atoms with Gasteiger partial charge in [0.15, 0.2) is 17.5 Å². The predicted molar refractivity (Wildman–Crippen MR) is 285 cm³/mol. The van der Waals surface area contributed by atoms with Crippen LogP contribution in [-0.2, 0) is 5.41 Å². The van der Waals surface area contributed by atoms with Crippen molar-refractivity contribution in [3.63, 3.8) is 0 Å². The number of fused-ring (bicyclic) bond motifs is 15. The fourth-order valence-electron chi connectivity index (χ4n) is 11.7. The summed E-state index contributed by atoms with van der Waals surface area (Å²) in [5.74, 6) is 1.90. The number of rotatable bonds is 5. The van der Waals surface area contributed by atoms with E-state index in [1.807, 2.05) is 29.5 Å². The summed E-state index contributed by atoms with van der Waals surface area (Å²) in [6.07, 6.45) is 0. The number of para-hydroxylation sites is 3. The predicted octanol–water partition coefficient (Wildman–Crippen LogP) is 16.3. The third kappa shape index (κ3) is 5.48. The topological polar surface area (TPSA) is 43.6 Å². The Bertz CT molecular complexity index is 4250. The molecule has 0 saturated heterocycles. The lowest BCUT2D eigenvalue weighted by Gasteiger charge is -2.39. The van der Waals surface area contributed by atoms with Crippen molar-refractivity contribution in [2.75, 3.05) is 0 Å². The van der Waals surface area contributed by atoms with Gasteiger partial charge in [-0.05, 0) is 92.0 Å². The van der Waals surface area contributed by atoms with Crippen LogP contribution in [0.3, 0.4) is 0 Å². The standard InChI is InChI=1S/C64H38N4S/c1-3-15-39(16-4-1)40-29-31-42(32-30-40)62-65-61(41-17-5-2-6-18-41)66-63(67-62)48-22-14-24-53-59(48)50-38-43(44-34-36-58-49(37-44)46-20-8-12-28-57(46)69-58)33-35-51(50)64(53)52-23-9-11-27-56(52)68-55-26-10-7-19-45(55)47-21-13-25-54(64)60(47)68/h1-38H. The number of hydrogen-bond donors (Lipinski definition) is 0. The molecule has 13 aromatic rings. The van der Waals surface area contributed by atoms with E-state index in [1.165, 1.54) is 92.2 Å². The van der Waals surface area contributed by atoms with Gasteiger partial charge in [0.1, 0.15) is 0 Å². The third-order valence-electron chi connectivity index (χ3n) is 14.7. The monoisotopic (exact) mass is 894 g/mol. The van der Waals surface area contributed by atoms with Crippen molar-refractivity contribution in [2.45, 2.75) is 5.41 Å². The summed E-state index contributed by atoms with van der Waals surface area (Å²) >= 11 is 1.85. The minimum absolute atomic E-state index is 0.631. The highest BCUT2D eigenvalue weighted by atomic mass is 32.1. The van der Waals surface area contributed by atoms with Gasteiger partial charge in [0.25, 0.3) is 0 Å². The van der Waals surface area contributed by atoms with Crippen molar-refractivity contribution in [3.8, 4) is 73.2 Å². The number of hydrogen-bond acceptors (Lipinski definition) is 4. The molecule has 15 rings (SSSR count). The molecule has 1 aliphatic heterocycles. The van der Waals surface area contributed by atoms with Crippen molar-refractivity contribution in [1.82, 2.24) is 19.5 Å². The quantitative estimate of drug-likeness (QED) is 0.173. The largest absolute Gasteiger partial charge is 0.309 e. The van der Waals surface area contributed by atoms with E-state index < -0.39 is 5.41 Å². The smallest absolute Gasteiger partial charge is 0.164 e. The summed E-state index contributed by atoms with van der Waals surface area (Å²) in [7, 11) is 0. The van der Waals surface area contributed by atoms with Crippen LogP contribution in [0.2, 0.25) is 0 Å². The Hall–Kier alpha value is -8.77. The number of nitrogens with zero attached hydrogens (tertiary/aromatic N) is 4. The Balaban J connectivity index is 1.02. The maximum absolute atomic E-state index is 5.45. The molecule has 0 N–H and O–H groups in total. The van der Waals surface area contributed by atoms with E-state index in [2.05, 4.69) is 217 Å². The van der Waals surface area contributed by atoms with Crippen LogP contribution in [0.1, 0.15) is 22.3 Å². The lowest BCUT2D eigenvalue weighted by molar-refractivity contribution is 0.748. The molecular weight excluding hydrogens is 857 g/mol. The van der Waals surface area contributed by atoms with E-state index in [0.29, 0.717) is 17.5 Å². The summed E-state index contributed by atoms with van der Waals surface area (Å²) in [5.41, 5.74) is 17.8. The fraction of sp³-hybridized carbons (Fsp3) is 0.0156. The van der Waals surface area contributed by atoms with Crippen LogP contribution in [0.25, 0.3) is 115 Å². The molecule has 69 heavy (non-hydrogen) atoms. The van der Waals surface area contributed by atoms with E-state index in [-0.39, 0.29) is 0 Å². The first kappa shape index (κ1) is 38.3. The van der Waals surface area contributed by atoms with Gasteiger partial charge in [0, 0.05) is 47.6 Å². The van der Waals surface area contributed by atoms with Gasteiger partial charge in [-0.15, -0.1) is 11.3 Å². The molecule has 1 spiro atoms. The van der Waals surface area contributed by atoms with Crippen molar-refractivity contribution in [1.29, 1.82) is 0 Å². The van der Waals surface area contributed by atoms with Crippen LogP contribution < -0.4 is 0 Å². The van der Waals surface area contributed by atoms with E-state index in [9.17, 15) is 0 Å². The molecule has 1 atom stereocenters. The molecule has 0 radical (unpaired) electrons. The van der Waals surface area contributed by atoms with Crippen LogP contribution >= 0.6 is 11.3 Å². The highest BCUT2D eigenvalue weighted by Crippen LogP contribution is 2.63. The lowest BCUT2D eigenvalue weighted by Crippen LogP contribution is -2.33. The SMILES string of the molecule is c1ccc(-c2ccc(-c3nc(-c4ccccc4)nc(-c4cccc5c4-c4cc(-c6ccc7sc8ccccc8c7c6)ccc4C54c5ccccc5-n5c6ccccc6c6cccc4c65)n3)cc2)cc1.